The highest BCUT2D eigenvalue weighted by Gasteiger charge is 2.23. The van der Waals surface area contributed by atoms with Gasteiger partial charge in [0.2, 0.25) is 0 Å². The Labute approximate surface area is 180 Å². The van der Waals surface area contributed by atoms with Crippen LogP contribution < -0.4 is 9.64 Å². The molecule has 0 radical (unpaired) electrons. The van der Waals surface area contributed by atoms with Crippen molar-refractivity contribution in [1.29, 1.82) is 0 Å². The van der Waals surface area contributed by atoms with Gasteiger partial charge >= 0.3 is 6.09 Å². The van der Waals surface area contributed by atoms with Crippen molar-refractivity contribution in [3.63, 3.8) is 0 Å². The van der Waals surface area contributed by atoms with E-state index in [4.69, 9.17) is 4.74 Å². The number of benzene rings is 1. The van der Waals surface area contributed by atoms with E-state index in [0.29, 0.717) is 18.8 Å². The minimum atomic E-state index is -0.304. The van der Waals surface area contributed by atoms with Crippen LogP contribution in [0, 0.1) is 6.92 Å². The van der Waals surface area contributed by atoms with Crippen molar-refractivity contribution in [3.8, 4) is 5.75 Å². The summed E-state index contributed by atoms with van der Waals surface area (Å²) in [5.41, 5.74) is 2.30. The molecular weight excluding hydrogens is 398 g/mol. The number of aromatic nitrogens is 3. The standard InChI is InChI=1S/C22H25N5O2S/c1-17-3-8-20(24-15-17)26-11-13-27(14-12-26)22(28)29-19-6-4-18(5-7-19)16-30-21-23-9-10-25(21)2/h3-10,15H,11-14,16H2,1-2H3. The molecule has 3 heterocycles. The molecule has 7 nitrogen and oxygen atoms in total. The number of ether oxygens (including phenoxy) is 1. The lowest BCUT2D eigenvalue weighted by Gasteiger charge is -2.34. The second-order valence-electron chi connectivity index (χ2n) is 7.29. The molecule has 1 saturated heterocycles. The molecule has 1 amide bonds. The number of amides is 1. The quantitative estimate of drug-likeness (QED) is 0.583. The monoisotopic (exact) mass is 423 g/mol. The number of carbonyl (C=O) groups excluding carboxylic acids is 1. The number of aryl methyl sites for hydroxylation is 2. The third-order valence-electron chi connectivity index (χ3n) is 5.03. The normalized spacial score (nSPS) is 14.1. The molecule has 0 bridgehead atoms. The lowest BCUT2D eigenvalue weighted by molar-refractivity contribution is 0.149. The van der Waals surface area contributed by atoms with Crippen molar-refractivity contribution >= 4 is 23.7 Å². The Hall–Kier alpha value is -3.00. The van der Waals surface area contributed by atoms with E-state index in [0.717, 1.165) is 40.9 Å². The van der Waals surface area contributed by atoms with E-state index >= 15 is 0 Å². The number of anilines is 1. The fourth-order valence-corrected chi connectivity index (χ4v) is 4.11. The Morgan fingerprint density at radius 3 is 2.47 bits per heavy atom. The number of thioether (sulfide) groups is 1. The van der Waals surface area contributed by atoms with Gasteiger partial charge in [-0.05, 0) is 36.2 Å². The lowest BCUT2D eigenvalue weighted by Crippen LogP contribution is -2.49. The fraction of sp³-hybridized carbons (Fsp3) is 0.318. The van der Waals surface area contributed by atoms with Crippen LogP contribution >= 0.6 is 11.8 Å². The van der Waals surface area contributed by atoms with Gasteiger partial charge in [0.25, 0.3) is 0 Å². The molecule has 8 heteroatoms. The number of pyridine rings is 1. The minimum Gasteiger partial charge on any atom is -0.410 e. The molecule has 3 aromatic rings. The van der Waals surface area contributed by atoms with Crippen LogP contribution in [0.4, 0.5) is 10.6 Å². The Kier molecular flexibility index (Phi) is 6.23. The second-order valence-corrected chi connectivity index (χ2v) is 8.23. The van der Waals surface area contributed by atoms with Gasteiger partial charge in [-0.2, -0.15) is 0 Å². The number of hydrogen-bond donors (Lipinski definition) is 0. The number of nitrogens with zero attached hydrogens (tertiary/aromatic N) is 5. The summed E-state index contributed by atoms with van der Waals surface area (Å²) in [7, 11) is 1.98. The van der Waals surface area contributed by atoms with Crippen molar-refractivity contribution in [3.05, 3.63) is 66.1 Å². The summed E-state index contributed by atoms with van der Waals surface area (Å²) in [4.78, 5) is 25.2. The van der Waals surface area contributed by atoms with Gasteiger partial charge in [0.1, 0.15) is 11.6 Å². The van der Waals surface area contributed by atoms with Gasteiger partial charge in [-0.1, -0.05) is 30.0 Å². The highest BCUT2D eigenvalue weighted by Crippen LogP contribution is 2.22. The molecule has 0 N–H and O–H groups in total. The molecule has 1 aliphatic rings. The van der Waals surface area contributed by atoms with Gasteiger partial charge in [0, 0.05) is 57.6 Å². The number of carbonyl (C=O) groups is 1. The van der Waals surface area contributed by atoms with Crippen LogP contribution in [0.5, 0.6) is 5.75 Å². The van der Waals surface area contributed by atoms with Crippen LogP contribution in [0.2, 0.25) is 0 Å². The molecule has 4 rings (SSSR count). The van der Waals surface area contributed by atoms with E-state index in [1.54, 1.807) is 22.9 Å². The zero-order chi connectivity index (χ0) is 20.9. The first-order valence-electron chi connectivity index (χ1n) is 9.92. The van der Waals surface area contributed by atoms with Crippen LogP contribution in [0.15, 0.2) is 60.1 Å². The molecule has 1 aromatic carbocycles. The molecule has 0 spiro atoms. The summed E-state index contributed by atoms with van der Waals surface area (Å²) in [6, 6.07) is 11.7. The molecule has 0 saturated carbocycles. The Morgan fingerprint density at radius 2 is 1.83 bits per heavy atom. The maximum atomic E-state index is 12.5. The molecule has 1 fully saturated rings. The van der Waals surface area contributed by atoms with Crippen LogP contribution in [-0.4, -0.2) is 51.7 Å². The average Bonchev–Trinajstić information content (AvgIpc) is 3.18. The van der Waals surface area contributed by atoms with Crippen LogP contribution in [-0.2, 0) is 12.8 Å². The third-order valence-corrected chi connectivity index (χ3v) is 6.16. The molecule has 0 atom stereocenters. The molecule has 0 unspecified atom stereocenters. The first-order valence-corrected chi connectivity index (χ1v) is 10.9. The predicted octanol–water partition coefficient (Wildman–Crippen LogP) is 3.74. The highest BCUT2D eigenvalue weighted by molar-refractivity contribution is 7.98. The van der Waals surface area contributed by atoms with Crippen molar-refractivity contribution in [1.82, 2.24) is 19.4 Å². The van der Waals surface area contributed by atoms with E-state index in [9.17, 15) is 4.79 Å². The van der Waals surface area contributed by atoms with E-state index in [-0.39, 0.29) is 6.09 Å². The first kappa shape index (κ1) is 20.3. The Bertz CT molecular complexity index is 980. The summed E-state index contributed by atoms with van der Waals surface area (Å²) >= 11 is 1.67. The van der Waals surface area contributed by atoms with Gasteiger partial charge in [0.15, 0.2) is 5.16 Å². The maximum Gasteiger partial charge on any atom is 0.415 e. The summed E-state index contributed by atoms with van der Waals surface area (Å²) in [6.45, 7) is 4.75. The predicted molar refractivity (Wildman–Crippen MR) is 118 cm³/mol. The minimum absolute atomic E-state index is 0.304. The zero-order valence-corrected chi connectivity index (χ0v) is 18.0. The van der Waals surface area contributed by atoms with Gasteiger partial charge in [-0.15, -0.1) is 0 Å². The molecule has 1 aliphatic heterocycles. The lowest BCUT2D eigenvalue weighted by atomic mass is 10.2. The highest BCUT2D eigenvalue weighted by atomic mass is 32.2. The van der Waals surface area contributed by atoms with Crippen LogP contribution in [0.3, 0.4) is 0 Å². The third kappa shape index (κ3) is 4.94. The Balaban J connectivity index is 1.26. The van der Waals surface area contributed by atoms with Crippen molar-refractivity contribution in [2.75, 3.05) is 31.1 Å². The second kappa shape index (κ2) is 9.21. The van der Waals surface area contributed by atoms with Gasteiger partial charge in [0.05, 0.1) is 0 Å². The van der Waals surface area contributed by atoms with Crippen molar-refractivity contribution in [2.24, 2.45) is 7.05 Å². The van der Waals surface area contributed by atoms with Gasteiger partial charge in [-0.25, -0.2) is 14.8 Å². The summed E-state index contributed by atoms with van der Waals surface area (Å²) in [6.07, 6.45) is 5.29. The zero-order valence-electron chi connectivity index (χ0n) is 17.2. The van der Waals surface area contributed by atoms with E-state index in [2.05, 4.69) is 20.9 Å². The number of hydrogen-bond acceptors (Lipinski definition) is 6. The maximum absolute atomic E-state index is 12.5. The van der Waals surface area contributed by atoms with Gasteiger partial charge < -0.3 is 19.1 Å². The number of piperazine rings is 1. The largest absolute Gasteiger partial charge is 0.415 e. The van der Waals surface area contributed by atoms with Crippen LogP contribution in [0.25, 0.3) is 0 Å². The molecule has 2 aromatic heterocycles. The van der Waals surface area contributed by atoms with E-state index < -0.39 is 0 Å². The molecule has 30 heavy (non-hydrogen) atoms. The van der Waals surface area contributed by atoms with Crippen LogP contribution in [0.1, 0.15) is 11.1 Å². The molecular formula is C22H25N5O2S. The van der Waals surface area contributed by atoms with E-state index in [1.165, 1.54) is 0 Å². The van der Waals surface area contributed by atoms with Gasteiger partial charge in [-0.3, -0.25) is 0 Å². The summed E-state index contributed by atoms with van der Waals surface area (Å²) < 4.78 is 7.56. The number of rotatable bonds is 5. The SMILES string of the molecule is Cc1ccc(N2CCN(C(=O)Oc3ccc(CSc4nccn4C)cc3)CC2)nc1. The average molecular weight is 424 g/mol. The molecule has 0 aliphatic carbocycles. The Morgan fingerprint density at radius 1 is 1.07 bits per heavy atom. The smallest absolute Gasteiger partial charge is 0.410 e. The van der Waals surface area contributed by atoms with E-state index in [1.807, 2.05) is 61.3 Å². The fourth-order valence-electron chi connectivity index (χ4n) is 3.22. The number of imidazole rings is 1. The summed E-state index contributed by atoms with van der Waals surface area (Å²) in [5, 5.41) is 0.977. The first-order chi connectivity index (χ1) is 14.6. The van der Waals surface area contributed by atoms with Crippen molar-refractivity contribution in [2.45, 2.75) is 17.8 Å². The summed E-state index contributed by atoms with van der Waals surface area (Å²) in [5.74, 6) is 2.33. The van der Waals surface area contributed by atoms with Crippen molar-refractivity contribution < 1.29 is 9.53 Å². The molecule has 156 valence electrons. The topological polar surface area (TPSA) is 63.5 Å².